The van der Waals surface area contributed by atoms with Crippen LogP contribution in [0.4, 0.5) is 4.79 Å². The molecular weight excluding hydrogens is 264 g/mol. The number of hydrogen-bond acceptors (Lipinski definition) is 5. The van der Waals surface area contributed by atoms with E-state index in [4.69, 9.17) is 16.2 Å². The van der Waals surface area contributed by atoms with Crippen molar-refractivity contribution in [1.29, 1.82) is 0 Å². The maximum Gasteiger partial charge on any atom is 0.409 e. The zero-order valence-electron chi connectivity index (χ0n) is 11.6. The van der Waals surface area contributed by atoms with Crippen molar-refractivity contribution in [2.45, 2.75) is 38.3 Å². The highest BCUT2D eigenvalue weighted by molar-refractivity contribution is 5.87. The van der Waals surface area contributed by atoms with Gasteiger partial charge in [-0.15, -0.1) is 0 Å². The molecule has 1 atom stereocenters. The Balaban J connectivity index is 2.33. The van der Waals surface area contributed by atoms with Crippen molar-refractivity contribution in [2.75, 3.05) is 19.7 Å². The van der Waals surface area contributed by atoms with Crippen LogP contribution in [0.15, 0.2) is 0 Å². The Labute approximate surface area is 117 Å². The standard InChI is InChI=1S/C12H22N4O4/c1-2-20-12(19)16-5-3-8(4-6-16)15-11(18)9(13)7-10(14)17/h8-9H,2-7,13H2,1H3,(H2,14,17)(H,15,18). The molecule has 0 aromatic heterocycles. The van der Waals surface area contributed by atoms with Gasteiger partial charge in [-0.3, -0.25) is 9.59 Å². The second-order valence-corrected chi connectivity index (χ2v) is 4.75. The summed E-state index contributed by atoms with van der Waals surface area (Å²) in [7, 11) is 0. The molecular formula is C12H22N4O4. The lowest BCUT2D eigenvalue weighted by Gasteiger charge is -2.32. The monoisotopic (exact) mass is 286 g/mol. The van der Waals surface area contributed by atoms with Crippen LogP contribution in [-0.4, -0.2) is 54.6 Å². The van der Waals surface area contributed by atoms with Crippen molar-refractivity contribution < 1.29 is 19.1 Å². The predicted octanol–water partition coefficient (Wildman–Crippen LogP) is -1.07. The van der Waals surface area contributed by atoms with Gasteiger partial charge in [-0.1, -0.05) is 0 Å². The number of amides is 3. The van der Waals surface area contributed by atoms with Crippen LogP contribution in [0.5, 0.6) is 0 Å². The molecule has 1 rings (SSSR count). The highest BCUT2D eigenvalue weighted by Crippen LogP contribution is 2.11. The van der Waals surface area contributed by atoms with Gasteiger partial charge in [0.05, 0.1) is 19.1 Å². The number of carbonyl (C=O) groups excluding carboxylic acids is 3. The SMILES string of the molecule is CCOC(=O)N1CCC(NC(=O)C(N)CC(N)=O)CC1. The van der Waals surface area contributed by atoms with Crippen molar-refractivity contribution >= 4 is 17.9 Å². The van der Waals surface area contributed by atoms with E-state index in [1.54, 1.807) is 11.8 Å². The first-order chi connectivity index (χ1) is 9.43. The summed E-state index contributed by atoms with van der Waals surface area (Å²) in [5.74, 6) is -0.997. The Morgan fingerprint density at radius 1 is 1.35 bits per heavy atom. The van der Waals surface area contributed by atoms with Crippen LogP contribution >= 0.6 is 0 Å². The Morgan fingerprint density at radius 3 is 2.45 bits per heavy atom. The molecule has 0 bridgehead atoms. The molecule has 20 heavy (non-hydrogen) atoms. The fourth-order valence-electron chi connectivity index (χ4n) is 2.04. The van der Waals surface area contributed by atoms with Crippen molar-refractivity contribution in [3.8, 4) is 0 Å². The molecule has 1 unspecified atom stereocenters. The highest BCUT2D eigenvalue weighted by Gasteiger charge is 2.26. The summed E-state index contributed by atoms with van der Waals surface area (Å²) in [5.41, 5.74) is 10.5. The van der Waals surface area contributed by atoms with E-state index in [1.165, 1.54) is 0 Å². The third kappa shape index (κ3) is 5.04. The molecule has 1 heterocycles. The third-order valence-electron chi connectivity index (χ3n) is 3.13. The molecule has 0 radical (unpaired) electrons. The zero-order chi connectivity index (χ0) is 15.1. The summed E-state index contributed by atoms with van der Waals surface area (Å²) < 4.78 is 4.91. The number of likely N-dealkylation sites (tertiary alicyclic amines) is 1. The summed E-state index contributed by atoms with van der Waals surface area (Å²) in [6, 6.07) is -0.970. The second-order valence-electron chi connectivity index (χ2n) is 4.75. The minimum atomic E-state index is -0.921. The predicted molar refractivity (Wildman–Crippen MR) is 71.5 cm³/mol. The van der Waals surface area contributed by atoms with E-state index >= 15 is 0 Å². The van der Waals surface area contributed by atoms with Gasteiger partial charge < -0.3 is 26.4 Å². The van der Waals surface area contributed by atoms with E-state index < -0.39 is 17.9 Å². The number of ether oxygens (including phenoxy) is 1. The van der Waals surface area contributed by atoms with Crippen molar-refractivity contribution in [3.05, 3.63) is 0 Å². The van der Waals surface area contributed by atoms with Gasteiger partial charge in [0.25, 0.3) is 0 Å². The first-order valence-electron chi connectivity index (χ1n) is 6.70. The maximum absolute atomic E-state index is 11.7. The number of carbonyl (C=O) groups is 3. The number of primary amides is 1. The van der Waals surface area contributed by atoms with Crippen LogP contribution in [0.1, 0.15) is 26.2 Å². The summed E-state index contributed by atoms with van der Waals surface area (Å²) >= 11 is 0. The molecule has 1 saturated heterocycles. The van der Waals surface area contributed by atoms with Crippen molar-refractivity contribution in [1.82, 2.24) is 10.2 Å². The molecule has 0 aromatic carbocycles. The highest BCUT2D eigenvalue weighted by atomic mass is 16.6. The first kappa shape index (κ1) is 16.2. The normalized spacial score (nSPS) is 17.4. The second kappa shape index (κ2) is 7.68. The number of nitrogens with zero attached hydrogens (tertiary/aromatic N) is 1. The third-order valence-corrected chi connectivity index (χ3v) is 3.13. The lowest BCUT2D eigenvalue weighted by molar-refractivity contribution is -0.127. The van der Waals surface area contributed by atoms with Gasteiger partial charge in [0.2, 0.25) is 11.8 Å². The molecule has 5 N–H and O–H groups in total. The van der Waals surface area contributed by atoms with Crippen LogP contribution < -0.4 is 16.8 Å². The van der Waals surface area contributed by atoms with Crippen molar-refractivity contribution in [2.24, 2.45) is 11.5 Å². The number of hydrogen-bond donors (Lipinski definition) is 3. The molecule has 1 fully saturated rings. The average molecular weight is 286 g/mol. The van der Waals surface area contributed by atoms with Crippen molar-refractivity contribution in [3.63, 3.8) is 0 Å². The molecule has 8 heteroatoms. The number of nitrogens with two attached hydrogens (primary N) is 2. The molecule has 8 nitrogen and oxygen atoms in total. The van der Waals surface area contributed by atoms with Crippen LogP contribution in [-0.2, 0) is 14.3 Å². The average Bonchev–Trinajstić information content (AvgIpc) is 2.39. The van der Waals surface area contributed by atoms with Crippen LogP contribution in [0.25, 0.3) is 0 Å². The molecule has 0 aliphatic carbocycles. The van der Waals surface area contributed by atoms with Crippen LogP contribution in [0.2, 0.25) is 0 Å². The first-order valence-corrected chi connectivity index (χ1v) is 6.70. The van der Waals surface area contributed by atoms with Gasteiger partial charge in [-0.2, -0.15) is 0 Å². The Morgan fingerprint density at radius 2 is 1.95 bits per heavy atom. The fraction of sp³-hybridized carbons (Fsp3) is 0.750. The van der Waals surface area contributed by atoms with Gasteiger partial charge >= 0.3 is 6.09 Å². The van der Waals surface area contributed by atoms with E-state index in [2.05, 4.69) is 5.32 Å². The van der Waals surface area contributed by atoms with E-state index in [9.17, 15) is 14.4 Å². The van der Waals surface area contributed by atoms with Gasteiger partial charge in [-0.25, -0.2) is 4.79 Å². The topological polar surface area (TPSA) is 128 Å². The Kier molecular flexibility index (Phi) is 6.23. The van der Waals surface area contributed by atoms with Gasteiger partial charge in [0.1, 0.15) is 0 Å². The van der Waals surface area contributed by atoms with E-state index in [1.807, 2.05) is 0 Å². The molecule has 0 spiro atoms. The van der Waals surface area contributed by atoms with Crippen LogP contribution in [0.3, 0.4) is 0 Å². The Bertz CT molecular complexity index is 366. The Hall–Kier alpha value is -1.83. The minimum Gasteiger partial charge on any atom is -0.450 e. The summed E-state index contributed by atoms with van der Waals surface area (Å²) in [4.78, 5) is 35.5. The smallest absolute Gasteiger partial charge is 0.409 e. The largest absolute Gasteiger partial charge is 0.450 e. The molecule has 0 aromatic rings. The van der Waals surface area contributed by atoms with E-state index in [0.717, 1.165) is 0 Å². The summed E-state index contributed by atoms with van der Waals surface area (Å²) in [6.07, 6.45) is 0.762. The van der Waals surface area contributed by atoms with Gasteiger partial charge in [0, 0.05) is 19.1 Å². The molecule has 114 valence electrons. The molecule has 3 amide bonds. The molecule has 0 saturated carbocycles. The lowest BCUT2D eigenvalue weighted by Crippen LogP contribution is -2.51. The number of nitrogens with one attached hydrogen (secondary N) is 1. The summed E-state index contributed by atoms with van der Waals surface area (Å²) in [5, 5.41) is 2.76. The zero-order valence-corrected chi connectivity index (χ0v) is 11.6. The lowest BCUT2D eigenvalue weighted by atomic mass is 10.0. The van der Waals surface area contributed by atoms with E-state index in [-0.39, 0.29) is 18.6 Å². The maximum atomic E-state index is 11.7. The number of piperidine rings is 1. The fourth-order valence-corrected chi connectivity index (χ4v) is 2.04. The minimum absolute atomic E-state index is 0.0490. The molecule has 1 aliphatic rings. The van der Waals surface area contributed by atoms with Crippen LogP contribution in [0, 0.1) is 0 Å². The van der Waals surface area contributed by atoms with E-state index in [0.29, 0.717) is 32.5 Å². The number of rotatable bonds is 5. The molecule has 1 aliphatic heterocycles. The summed E-state index contributed by atoms with van der Waals surface area (Å²) in [6.45, 7) is 3.14. The van der Waals surface area contributed by atoms with Gasteiger partial charge in [-0.05, 0) is 19.8 Å². The van der Waals surface area contributed by atoms with Gasteiger partial charge in [0.15, 0.2) is 0 Å². The quantitative estimate of drug-likeness (QED) is 0.592.